The molecule has 33 heavy (non-hydrogen) atoms. The molecule has 1 N–H and O–H groups in total. The maximum absolute atomic E-state index is 6.13. The third-order valence-electron chi connectivity index (χ3n) is 6.60. The Morgan fingerprint density at radius 2 is 1.79 bits per heavy atom. The van der Waals surface area contributed by atoms with Gasteiger partial charge in [-0.15, -0.1) is 5.10 Å². The fourth-order valence-electron chi connectivity index (χ4n) is 4.60. The van der Waals surface area contributed by atoms with E-state index in [1.807, 2.05) is 29.6 Å². The quantitative estimate of drug-likeness (QED) is 0.447. The lowest BCUT2D eigenvalue weighted by atomic mass is 10.0. The molecular weight excluding hydrogens is 434 g/mol. The van der Waals surface area contributed by atoms with Gasteiger partial charge in [-0.25, -0.2) is 14.5 Å². The molecule has 1 saturated carbocycles. The highest BCUT2D eigenvalue weighted by molar-refractivity contribution is 6.30. The highest BCUT2D eigenvalue weighted by Gasteiger charge is 2.26. The van der Waals surface area contributed by atoms with Gasteiger partial charge in [0.15, 0.2) is 5.65 Å². The minimum Gasteiger partial charge on any atom is -0.356 e. The van der Waals surface area contributed by atoms with Crippen LogP contribution in [0.2, 0.25) is 5.02 Å². The molecule has 1 saturated heterocycles. The molecule has 0 amide bonds. The molecular formula is C25H26ClN7. The van der Waals surface area contributed by atoms with Gasteiger partial charge in [-0.3, -0.25) is 0 Å². The van der Waals surface area contributed by atoms with Crippen molar-refractivity contribution in [2.75, 3.05) is 23.3 Å². The van der Waals surface area contributed by atoms with Crippen molar-refractivity contribution in [2.24, 2.45) is 0 Å². The summed E-state index contributed by atoms with van der Waals surface area (Å²) >= 11 is 6.13. The van der Waals surface area contributed by atoms with Gasteiger partial charge in [0, 0.05) is 47.7 Å². The van der Waals surface area contributed by atoms with E-state index in [2.05, 4.69) is 44.6 Å². The minimum atomic E-state index is 0.337. The predicted octanol–water partition coefficient (Wildman–Crippen LogP) is 5.11. The number of pyridine rings is 1. The van der Waals surface area contributed by atoms with Crippen LogP contribution in [0.3, 0.4) is 0 Å². The van der Waals surface area contributed by atoms with Gasteiger partial charge in [0.2, 0.25) is 5.95 Å². The average Bonchev–Trinajstić information content (AvgIpc) is 3.60. The average molecular weight is 460 g/mol. The first-order valence-electron chi connectivity index (χ1n) is 11.6. The summed E-state index contributed by atoms with van der Waals surface area (Å²) in [6.07, 6.45) is 8.30. The van der Waals surface area contributed by atoms with Crippen molar-refractivity contribution in [3.8, 4) is 11.1 Å². The Kier molecular flexibility index (Phi) is 5.14. The number of rotatable bonds is 5. The Morgan fingerprint density at radius 3 is 2.52 bits per heavy atom. The van der Waals surface area contributed by atoms with Gasteiger partial charge >= 0.3 is 0 Å². The topological polar surface area (TPSA) is 71.2 Å². The fourth-order valence-corrected chi connectivity index (χ4v) is 4.72. The normalized spacial score (nSPS) is 17.0. The summed E-state index contributed by atoms with van der Waals surface area (Å²) in [5.74, 6) is 2.33. The van der Waals surface area contributed by atoms with Crippen LogP contribution in [0.1, 0.15) is 42.9 Å². The van der Waals surface area contributed by atoms with Crippen molar-refractivity contribution < 1.29 is 0 Å². The van der Waals surface area contributed by atoms with Crippen LogP contribution in [0.5, 0.6) is 0 Å². The Labute approximate surface area is 197 Å². The minimum absolute atomic E-state index is 0.337. The van der Waals surface area contributed by atoms with E-state index in [1.54, 1.807) is 6.33 Å². The van der Waals surface area contributed by atoms with Crippen molar-refractivity contribution in [1.29, 1.82) is 0 Å². The number of hydrogen-bond donors (Lipinski definition) is 1. The standard InChI is InChI=1S/C25H26ClN7/c1-16-12-23(28-15-27-16)32-10-8-21(9-11-32)29-25-30-24-22(18-4-6-20(26)7-5-18)13-19(17-2-3-17)14-33(24)31-25/h4-7,12-15,17,21H,2-3,8-11H2,1H3,(H,29,31). The summed E-state index contributed by atoms with van der Waals surface area (Å²) in [7, 11) is 0. The largest absolute Gasteiger partial charge is 0.356 e. The molecule has 2 fully saturated rings. The van der Waals surface area contributed by atoms with Crippen LogP contribution in [-0.2, 0) is 0 Å². The van der Waals surface area contributed by atoms with Gasteiger partial charge in [0.1, 0.15) is 12.1 Å². The number of fused-ring (bicyclic) bond motifs is 1. The number of anilines is 2. The molecule has 0 unspecified atom stereocenters. The molecule has 3 aromatic heterocycles. The number of halogens is 1. The lowest BCUT2D eigenvalue weighted by molar-refractivity contribution is 0.520. The zero-order valence-electron chi connectivity index (χ0n) is 18.6. The lowest BCUT2D eigenvalue weighted by Gasteiger charge is -2.32. The van der Waals surface area contributed by atoms with Crippen LogP contribution in [0.15, 0.2) is 48.9 Å². The molecule has 0 bridgehead atoms. The smallest absolute Gasteiger partial charge is 0.243 e. The molecule has 168 valence electrons. The first-order chi connectivity index (χ1) is 16.1. The van der Waals surface area contributed by atoms with E-state index in [9.17, 15) is 0 Å². The van der Waals surface area contributed by atoms with Gasteiger partial charge in [-0.1, -0.05) is 23.7 Å². The molecule has 2 aliphatic rings. The van der Waals surface area contributed by atoms with Gasteiger partial charge in [0.25, 0.3) is 0 Å². The molecule has 8 heteroatoms. The summed E-state index contributed by atoms with van der Waals surface area (Å²) in [4.78, 5) is 15.8. The monoisotopic (exact) mass is 459 g/mol. The van der Waals surface area contributed by atoms with Gasteiger partial charge in [-0.05, 0) is 67.9 Å². The van der Waals surface area contributed by atoms with Gasteiger partial charge in [0.05, 0.1) is 0 Å². The summed E-state index contributed by atoms with van der Waals surface area (Å²) in [6, 6.07) is 12.6. The van der Waals surface area contributed by atoms with Crippen molar-refractivity contribution >= 4 is 29.0 Å². The summed E-state index contributed by atoms with van der Waals surface area (Å²) < 4.78 is 1.94. The third kappa shape index (κ3) is 4.25. The Morgan fingerprint density at radius 1 is 1.00 bits per heavy atom. The molecule has 0 atom stereocenters. The zero-order valence-corrected chi connectivity index (χ0v) is 19.3. The van der Waals surface area contributed by atoms with E-state index in [0.717, 1.165) is 59.2 Å². The van der Waals surface area contributed by atoms with E-state index in [-0.39, 0.29) is 0 Å². The number of nitrogens with zero attached hydrogens (tertiary/aromatic N) is 6. The molecule has 7 nitrogen and oxygen atoms in total. The third-order valence-corrected chi connectivity index (χ3v) is 6.85. The number of aryl methyl sites for hydroxylation is 1. The molecule has 4 heterocycles. The fraction of sp³-hybridized carbons (Fsp3) is 0.360. The molecule has 0 radical (unpaired) electrons. The maximum Gasteiger partial charge on any atom is 0.243 e. The van der Waals surface area contributed by atoms with Crippen LogP contribution < -0.4 is 10.2 Å². The Hall–Kier alpha value is -3.19. The predicted molar refractivity (Wildman–Crippen MR) is 131 cm³/mol. The second kappa shape index (κ2) is 8.30. The van der Waals surface area contributed by atoms with Crippen molar-refractivity contribution in [2.45, 2.75) is 44.6 Å². The SMILES string of the molecule is Cc1cc(N2CCC(Nc3nc4c(-c5ccc(Cl)cc5)cc(C5CC5)cn4n3)CC2)ncn1. The summed E-state index contributed by atoms with van der Waals surface area (Å²) in [5.41, 5.74) is 5.41. The summed E-state index contributed by atoms with van der Waals surface area (Å²) in [5, 5.41) is 9.12. The van der Waals surface area contributed by atoms with Crippen LogP contribution >= 0.6 is 11.6 Å². The number of aromatic nitrogens is 5. The molecule has 4 aromatic rings. The highest BCUT2D eigenvalue weighted by Crippen LogP contribution is 2.42. The molecule has 6 rings (SSSR count). The number of nitrogens with one attached hydrogen (secondary N) is 1. The first-order valence-corrected chi connectivity index (χ1v) is 12.0. The molecule has 1 aromatic carbocycles. The van der Waals surface area contributed by atoms with E-state index in [0.29, 0.717) is 17.9 Å². The van der Waals surface area contributed by atoms with Crippen LogP contribution in [0.25, 0.3) is 16.8 Å². The van der Waals surface area contributed by atoms with Crippen LogP contribution in [-0.4, -0.2) is 43.7 Å². The Bertz CT molecular complexity index is 1290. The van der Waals surface area contributed by atoms with Crippen molar-refractivity contribution in [3.63, 3.8) is 0 Å². The van der Waals surface area contributed by atoms with E-state index in [1.165, 1.54) is 18.4 Å². The second-order valence-corrected chi connectivity index (χ2v) is 9.53. The van der Waals surface area contributed by atoms with Gasteiger partial charge in [-0.2, -0.15) is 4.98 Å². The number of hydrogen-bond acceptors (Lipinski definition) is 6. The summed E-state index contributed by atoms with van der Waals surface area (Å²) in [6.45, 7) is 3.90. The zero-order chi connectivity index (χ0) is 22.4. The first kappa shape index (κ1) is 20.4. The van der Waals surface area contributed by atoms with Gasteiger partial charge < -0.3 is 10.2 Å². The number of piperidine rings is 1. The van der Waals surface area contributed by atoms with E-state index in [4.69, 9.17) is 21.7 Å². The molecule has 1 aliphatic heterocycles. The molecule has 0 spiro atoms. The van der Waals surface area contributed by atoms with E-state index >= 15 is 0 Å². The lowest BCUT2D eigenvalue weighted by Crippen LogP contribution is -2.39. The maximum atomic E-state index is 6.13. The van der Waals surface area contributed by atoms with Crippen LogP contribution in [0, 0.1) is 6.92 Å². The number of benzene rings is 1. The van der Waals surface area contributed by atoms with Crippen molar-refractivity contribution in [1.82, 2.24) is 24.6 Å². The van der Waals surface area contributed by atoms with E-state index < -0.39 is 0 Å². The Balaban J connectivity index is 1.23. The molecule has 1 aliphatic carbocycles. The highest BCUT2D eigenvalue weighted by atomic mass is 35.5. The van der Waals surface area contributed by atoms with Crippen LogP contribution in [0.4, 0.5) is 11.8 Å². The second-order valence-electron chi connectivity index (χ2n) is 9.10. The van der Waals surface area contributed by atoms with Crippen molar-refractivity contribution in [3.05, 3.63) is 65.2 Å².